The van der Waals surface area contributed by atoms with Crippen LogP contribution in [0.5, 0.6) is 0 Å². The maximum atomic E-state index is 10.4. The summed E-state index contributed by atoms with van der Waals surface area (Å²) in [6.45, 7) is 0. The Bertz CT molecular complexity index is 675. The number of hydrogen-bond acceptors (Lipinski definition) is 4. The van der Waals surface area contributed by atoms with Crippen LogP contribution in [0.15, 0.2) is 70.5 Å². The van der Waals surface area contributed by atoms with Gasteiger partial charge in [0.25, 0.3) is 20.2 Å². The van der Waals surface area contributed by atoms with Crippen LogP contribution in [0.1, 0.15) is 0 Å². The van der Waals surface area contributed by atoms with Crippen molar-refractivity contribution < 1.29 is 25.9 Å². The van der Waals surface area contributed by atoms with Crippen LogP contribution < -0.4 is 0 Å². The van der Waals surface area contributed by atoms with Crippen LogP contribution in [0, 0.1) is 0 Å². The quantitative estimate of drug-likeness (QED) is 0.577. The van der Waals surface area contributed by atoms with Gasteiger partial charge >= 0.3 is 17.1 Å². The van der Waals surface area contributed by atoms with Crippen molar-refractivity contribution >= 4 is 37.3 Å². The Labute approximate surface area is 133 Å². The Morgan fingerprint density at radius 2 is 0.810 bits per heavy atom. The van der Waals surface area contributed by atoms with Crippen molar-refractivity contribution in [3.05, 3.63) is 60.7 Å². The molecule has 0 aromatic heterocycles. The molecule has 0 saturated carbocycles. The molecule has 9 heteroatoms. The van der Waals surface area contributed by atoms with Crippen LogP contribution in [0.2, 0.25) is 0 Å². The zero-order valence-electron chi connectivity index (χ0n) is 10.6. The first-order valence-electron chi connectivity index (χ1n) is 5.26. The first kappa shape index (κ1) is 19.8. The van der Waals surface area contributed by atoms with Crippen LogP contribution in [-0.4, -0.2) is 43.0 Å². The van der Waals surface area contributed by atoms with Crippen molar-refractivity contribution in [3.8, 4) is 0 Å². The maximum absolute atomic E-state index is 10.4. The SMILES string of the molecule is O=S(=O)(O)c1ccccc1.O=S(=O)(O)c1ccccc1.[SeH2]. The van der Waals surface area contributed by atoms with Gasteiger partial charge in [0.2, 0.25) is 0 Å². The van der Waals surface area contributed by atoms with E-state index in [-0.39, 0.29) is 26.9 Å². The van der Waals surface area contributed by atoms with Crippen LogP contribution in [-0.2, 0) is 20.2 Å². The van der Waals surface area contributed by atoms with Gasteiger partial charge in [-0.25, -0.2) is 0 Å². The Morgan fingerprint density at radius 3 is 0.952 bits per heavy atom. The topological polar surface area (TPSA) is 109 Å². The molecule has 0 bridgehead atoms. The van der Waals surface area contributed by atoms with Crippen molar-refractivity contribution in [2.45, 2.75) is 9.79 Å². The van der Waals surface area contributed by atoms with Gasteiger partial charge in [-0.1, -0.05) is 36.4 Å². The van der Waals surface area contributed by atoms with Gasteiger partial charge in [0.1, 0.15) is 0 Å². The van der Waals surface area contributed by atoms with E-state index >= 15 is 0 Å². The van der Waals surface area contributed by atoms with Crippen LogP contribution in [0.4, 0.5) is 0 Å². The predicted molar refractivity (Wildman–Crippen MR) is 81.1 cm³/mol. The Kier molecular flexibility index (Phi) is 7.80. The molecule has 2 aromatic carbocycles. The minimum atomic E-state index is -4.00. The molecule has 0 saturated heterocycles. The third-order valence-electron chi connectivity index (χ3n) is 2.08. The molecule has 0 fully saturated rings. The molecule has 0 radical (unpaired) electrons. The van der Waals surface area contributed by atoms with Gasteiger partial charge in [-0.2, -0.15) is 16.8 Å². The van der Waals surface area contributed by atoms with E-state index in [1.54, 1.807) is 36.4 Å². The molecule has 0 spiro atoms. The monoisotopic (exact) mass is 398 g/mol. The van der Waals surface area contributed by atoms with E-state index in [9.17, 15) is 16.8 Å². The van der Waals surface area contributed by atoms with E-state index < -0.39 is 20.2 Å². The molecule has 0 aliphatic carbocycles. The average molecular weight is 397 g/mol. The Hall–Kier alpha value is -1.22. The van der Waals surface area contributed by atoms with E-state index in [0.717, 1.165) is 0 Å². The molecule has 21 heavy (non-hydrogen) atoms. The van der Waals surface area contributed by atoms with Crippen molar-refractivity contribution in [2.75, 3.05) is 0 Å². The van der Waals surface area contributed by atoms with Crippen molar-refractivity contribution in [1.82, 2.24) is 0 Å². The Balaban J connectivity index is 0.000000364. The fourth-order valence-electron chi connectivity index (χ4n) is 1.18. The fourth-order valence-corrected chi connectivity index (χ4v) is 2.19. The summed E-state index contributed by atoms with van der Waals surface area (Å²) in [5.41, 5.74) is 0. The standard InChI is InChI=1S/2C6H6O3S.H2Se/c2*7-10(8,9)6-4-2-1-3-5-6;/h2*1-5H,(H,7,8,9);1H2. The second-order valence-corrected chi connectivity index (χ2v) is 6.42. The zero-order valence-corrected chi connectivity index (χ0v) is 14.3. The van der Waals surface area contributed by atoms with Crippen LogP contribution in [0.25, 0.3) is 0 Å². The molecule has 2 rings (SSSR count). The van der Waals surface area contributed by atoms with Gasteiger partial charge in [-0.05, 0) is 24.3 Å². The molecule has 2 aromatic rings. The second kappa shape index (κ2) is 8.28. The zero-order chi connectivity index (χ0) is 15.2. The summed E-state index contributed by atoms with van der Waals surface area (Å²) in [6.07, 6.45) is 0. The molecular weight excluding hydrogens is 383 g/mol. The summed E-state index contributed by atoms with van der Waals surface area (Å²) < 4.78 is 58.5. The molecule has 6 nitrogen and oxygen atoms in total. The minimum absolute atomic E-state index is 0. The van der Waals surface area contributed by atoms with Gasteiger partial charge < -0.3 is 0 Å². The van der Waals surface area contributed by atoms with E-state index in [1.807, 2.05) is 0 Å². The molecular formula is C12H14O6S2Se. The molecule has 0 heterocycles. The van der Waals surface area contributed by atoms with E-state index in [0.29, 0.717) is 0 Å². The van der Waals surface area contributed by atoms with Crippen molar-refractivity contribution in [3.63, 3.8) is 0 Å². The summed E-state index contributed by atoms with van der Waals surface area (Å²) in [6, 6.07) is 14.8. The van der Waals surface area contributed by atoms with Crippen LogP contribution in [0.3, 0.4) is 0 Å². The van der Waals surface area contributed by atoms with E-state index in [2.05, 4.69) is 0 Å². The summed E-state index contributed by atoms with van der Waals surface area (Å²) >= 11 is 0. The van der Waals surface area contributed by atoms with Crippen LogP contribution >= 0.6 is 0 Å². The summed E-state index contributed by atoms with van der Waals surface area (Å²) in [7, 11) is -8.01. The predicted octanol–water partition coefficient (Wildman–Crippen LogP) is 0.950. The number of benzene rings is 2. The van der Waals surface area contributed by atoms with Crippen molar-refractivity contribution in [1.29, 1.82) is 0 Å². The van der Waals surface area contributed by atoms with Gasteiger partial charge in [0, 0.05) is 0 Å². The summed E-state index contributed by atoms with van der Waals surface area (Å²) in [5.74, 6) is 0. The molecule has 0 amide bonds. The third kappa shape index (κ3) is 7.37. The van der Waals surface area contributed by atoms with Gasteiger partial charge in [-0.3, -0.25) is 9.11 Å². The van der Waals surface area contributed by atoms with Crippen molar-refractivity contribution in [2.24, 2.45) is 0 Å². The van der Waals surface area contributed by atoms with Gasteiger partial charge in [-0.15, -0.1) is 0 Å². The average Bonchev–Trinajstić information content (AvgIpc) is 2.40. The third-order valence-corrected chi connectivity index (χ3v) is 3.82. The summed E-state index contributed by atoms with van der Waals surface area (Å²) in [5, 5.41) is 0. The fraction of sp³-hybridized carbons (Fsp3) is 0. The first-order valence-corrected chi connectivity index (χ1v) is 8.14. The number of rotatable bonds is 2. The molecule has 0 unspecified atom stereocenters. The summed E-state index contributed by atoms with van der Waals surface area (Å²) in [4.78, 5) is -0.148. The Morgan fingerprint density at radius 1 is 0.571 bits per heavy atom. The molecule has 0 aliphatic heterocycles. The molecule has 2 N–H and O–H groups in total. The molecule has 0 atom stereocenters. The second-order valence-electron chi connectivity index (χ2n) is 3.58. The molecule has 0 aliphatic rings. The normalized spacial score (nSPS) is 10.8. The van der Waals surface area contributed by atoms with E-state index in [1.165, 1.54) is 24.3 Å². The number of hydrogen-bond donors (Lipinski definition) is 2. The van der Waals surface area contributed by atoms with Gasteiger partial charge in [0.15, 0.2) is 0 Å². The van der Waals surface area contributed by atoms with E-state index in [4.69, 9.17) is 9.11 Å². The first-order chi connectivity index (χ1) is 9.21. The van der Waals surface area contributed by atoms with Gasteiger partial charge in [0.05, 0.1) is 9.79 Å². The molecule has 116 valence electrons.